The molecule has 5 nitrogen and oxygen atoms in total. The van der Waals surface area contributed by atoms with E-state index in [2.05, 4.69) is 5.32 Å². The minimum Gasteiger partial charge on any atom is -0.493 e. The molecule has 0 radical (unpaired) electrons. The van der Waals surface area contributed by atoms with E-state index < -0.39 is 0 Å². The molecule has 0 saturated heterocycles. The molecule has 0 atom stereocenters. The molecule has 0 aliphatic heterocycles. The lowest BCUT2D eigenvalue weighted by atomic mass is 10.0. The van der Waals surface area contributed by atoms with E-state index >= 15 is 0 Å². The molecular weight excluding hydrogens is 328 g/mol. The largest absolute Gasteiger partial charge is 0.493 e. The molecule has 1 amide bonds. The van der Waals surface area contributed by atoms with E-state index in [0.717, 1.165) is 10.9 Å². The number of hydrogen-bond donors (Lipinski definition) is 2. The van der Waals surface area contributed by atoms with Crippen LogP contribution in [0.1, 0.15) is 15.9 Å². The number of fused-ring (bicyclic) bond motifs is 3. The van der Waals surface area contributed by atoms with Gasteiger partial charge in [-0.1, -0.05) is 30.3 Å². The van der Waals surface area contributed by atoms with Crippen LogP contribution in [-0.2, 0) is 6.54 Å². The van der Waals surface area contributed by atoms with E-state index in [1.54, 1.807) is 31.4 Å². The van der Waals surface area contributed by atoms with Crippen LogP contribution in [0.2, 0.25) is 0 Å². The number of furan rings is 1. The van der Waals surface area contributed by atoms with Crippen LogP contribution in [0.5, 0.6) is 5.75 Å². The normalized spacial score (nSPS) is 11.0. The van der Waals surface area contributed by atoms with Crippen molar-refractivity contribution in [1.29, 1.82) is 0 Å². The summed E-state index contributed by atoms with van der Waals surface area (Å²) >= 11 is 0. The Morgan fingerprint density at radius 3 is 2.69 bits per heavy atom. The minimum absolute atomic E-state index is 0.174. The van der Waals surface area contributed by atoms with Gasteiger partial charge < -0.3 is 20.2 Å². The SMILES string of the molecule is COc1ccc(C(=O)NCc2ccccc2)c2c1oc1ccc(N)cc12. The summed E-state index contributed by atoms with van der Waals surface area (Å²) in [6, 6.07) is 18.6. The first-order valence-corrected chi connectivity index (χ1v) is 8.28. The number of nitrogen functional groups attached to an aromatic ring is 1. The maximum Gasteiger partial charge on any atom is 0.252 e. The first kappa shape index (κ1) is 16.0. The van der Waals surface area contributed by atoms with Gasteiger partial charge in [-0.15, -0.1) is 0 Å². The third-order valence-electron chi connectivity index (χ3n) is 4.37. The van der Waals surface area contributed by atoms with Crippen LogP contribution < -0.4 is 15.8 Å². The molecule has 130 valence electrons. The van der Waals surface area contributed by atoms with Gasteiger partial charge in [0.25, 0.3) is 5.91 Å². The number of amides is 1. The van der Waals surface area contributed by atoms with E-state index in [1.807, 2.05) is 36.4 Å². The molecule has 1 aromatic heterocycles. The Balaban J connectivity index is 1.80. The summed E-state index contributed by atoms with van der Waals surface area (Å²) in [7, 11) is 1.57. The molecule has 0 bridgehead atoms. The van der Waals surface area contributed by atoms with Gasteiger partial charge in [0, 0.05) is 23.0 Å². The van der Waals surface area contributed by atoms with Crippen LogP contribution in [-0.4, -0.2) is 13.0 Å². The summed E-state index contributed by atoms with van der Waals surface area (Å²) in [5, 5.41) is 4.46. The van der Waals surface area contributed by atoms with Crippen molar-refractivity contribution in [1.82, 2.24) is 5.32 Å². The summed E-state index contributed by atoms with van der Waals surface area (Å²) in [4.78, 5) is 12.8. The number of carbonyl (C=O) groups excluding carboxylic acids is 1. The summed E-state index contributed by atoms with van der Waals surface area (Å²) in [5.74, 6) is 0.404. The zero-order valence-electron chi connectivity index (χ0n) is 14.3. The number of rotatable bonds is 4. The van der Waals surface area contributed by atoms with Crippen molar-refractivity contribution in [3.63, 3.8) is 0 Å². The highest BCUT2D eigenvalue weighted by Gasteiger charge is 2.19. The number of hydrogen-bond acceptors (Lipinski definition) is 4. The van der Waals surface area contributed by atoms with E-state index in [1.165, 1.54) is 0 Å². The molecule has 5 heteroatoms. The van der Waals surface area contributed by atoms with Crippen LogP contribution >= 0.6 is 0 Å². The molecule has 3 aromatic carbocycles. The van der Waals surface area contributed by atoms with Crippen LogP contribution in [0.25, 0.3) is 21.9 Å². The van der Waals surface area contributed by atoms with E-state index in [9.17, 15) is 4.79 Å². The third kappa shape index (κ3) is 2.73. The predicted molar refractivity (Wildman–Crippen MR) is 102 cm³/mol. The van der Waals surface area contributed by atoms with Crippen molar-refractivity contribution >= 4 is 33.5 Å². The second kappa shape index (κ2) is 6.44. The van der Waals surface area contributed by atoms with Crippen molar-refractivity contribution in [2.45, 2.75) is 6.54 Å². The van der Waals surface area contributed by atoms with Crippen LogP contribution in [0.4, 0.5) is 5.69 Å². The monoisotopic (exact) mass is 346 g/mol. The van der Waals surface area contributed by atoms with Gasteiger partial charge in [0.15, 0.2) is 11.3 Å². The second-order valence-corrected chi connectivity index (χ2v) is 6.05. The van der Waals surface area contributed by atoms with Crippen molar-refractivity contribution in [3.8, 4) is 5.75 Å². The van der Waals surface area contributed by atoms with Gasteiger partial charge >= 0.3 is 0 Å². The Hall–Kier alpha value is -3.47. The molecule has 0 saturated carbocycles. The molecule has 4 rings (SSSR count). The van der Waals surface area contributed by atoms with Gasteiger partial charge in [0.05, 0.1) is 12.7 Å². The van der Waals surface area contributed by atoms with Crippen LogP contribution in [0.15, 0.2) is 65.1 Å². The number of anilines is 1. The Morgan fingerprint density at radius 2 is 1.92 bits per heavy atom. The molecule has 0 unspecified atom stereocenters. The number of benzene rings is 3. The first-order chi connectivity index (χ1) is 12.7. The molecule has 4 aromatic rings. The smallest absolute Gasteiger partial charge is 0.252 e. The zero-order valence-corrected chi connectivity index (χ0v) is 14.3. The van der Waals surface area contributed by atoms with Crippen molar-refractivity contribution in [3.05, 3.63) is 71.8 Å². The standard InChI is InChI=1S/C21H18N2O3/c1-25-18-10-8-15(21(24)23-12-13-5-3-2-4-6-13)19-16-11-14(22)7-9-17(16)26-20(18)19/h2-11H,12,22H2,1H3,(H,23,24). The first-order valence-electron chi connectivity index (χ1n) is 8.28. The van der Waals surface area contributed by atoms with Gasteiger partial charge in [-0.3, -0.25) is 4.79 Å². The van der Waals surface area contributed by atoms with Crippen molar-refractivity contribution in [2.24, 2.45) is 0 Å². The Labute approximate surface area is 150 Å². The summed E-state index contributed by atoms with van der Waals surface area (Å²) < 4.78 is 11.3. The van der Waals surface area contributed by atoms with E-state index in [0.29, 0.717) is 40.1 Å². The Morgan fingerprint density at radius 1 is 1.12 bits per heavy atom. The highest BCUT2D eigenvalue weighted by atomic mass is 16.5. The topological polar surface area (TPSA) is 77.5 Å². The molecule has 0 fully saturated rings. The molecule has 0 aliphatic carbocycles. The molecule has 0 aliphatic rings. The summed E-state index contributed by atoms with van der Waals surface area (Å²) in [5.41, 5.74) is 9.31. The van der Waals surface area contributed by atoms with Gasteiger partial charge in [-0.05, 0) is 35.9 Å². The maximum absolute atomic E-state index is 12.8. The van der Waals surface area contributed by atoms with Crippen molar-refractivity contribution < 1.29 is 13.9 Å². The van der Waals surface area contributed by atoms with E-state index in [4.69, 9.17) is 14.9 Å². The summed E-state index contributed by atoms with van der Waals surface area (Å²) in [6.45, 7) is 0.450. The average Bonchev–Trinajstić information content (AvgIpc) is 3.05. The number of nitrogens with one attached hydrogen (secondary N) is 1. The fourth-order valence-electron chi connectivity index (χ4n) is 3.10. The minimum atomic E-state index is -0.174. The average molecular weight is 346 g/mol. The Kier molecular flexibility index (Phi) is 3.97. The van der Waals surface area contributed by atoms with Crippen LogP contribution in [0, 0.1) is 0 Å². The highest BCUT2D eigenvalue weighted by molar-refractivity contribution is 6.18. The zero-order chi connectivity index (χ0) is 18.1. The maximum atomic E-state index is 12.8. The Bertz CT molecular complexity index is 1100. The molecule has 26 heavy (non-hydrogen) atoms. The van der Waals surface area contributed by atoms with E-state index in [-0.39, 0.29) is 5.91 Å². The van der Waals surface area contributed by atoms with Gasteiger partial charge in [-0.25, -0.2) is 0 Å². The number of nitrogens with two attached hydrogens (primary N) is 1. The fourth-order valence-corrected chi connectivity index (χ4v) is 3.10. The number of ether oxygens (including phenoxy) is 1. The lowest BCUT2D eigenvalue weighted by Gasteiger charge is -2.08. The summed E-state index contributed by atoms with van der Waals surface area (Å²) in [6.07, 6.45) is 0. The van der Waals surface area contributed by atoms with Crippen LogP contribution in [0.3, 0.4) is 0 Å². The van der Waals surface area contributed by atoms with Crippen molar-refractivity contribution in [2.75, 3.05) is 12.8 Å². The van der Waals surface area contributed by atoms with Gasteiger partial charge in [-0.2, -0.15) is 0 Å². The van der Waals surface area contributed by atoms with Gasteiger partial charge in [0.1, 0.15) is 5.58 Å². The molecular formula is C21H18N2O3. The van der Waals surface area contributed by atoms with Gasteiger partial charge in [0.2, 0.25) is 0 Å². The predicted octanol–water partition coefficient (Wildman–Crippen LogP) is 4.11. The molecule has 0 spiro atoms. The lowest BCUT2D eigenvalue weighted by Crippen LogP contribution is -2.22. The highest BCUT2D eigenvalue weighted by Crippen LogP contribution is 2.37. The fraction of sp³-hybridized carbons (Fsp3) is 0.0952. The molecule has 1 heterocycles. The number of carbonyl (C=O) groups is 1. The molecule has 3 N–H and O–H groups in total. The number of methoxy groups -OCH3 is 1. The quantitative estimate of drug-likeness (QED) is 0.545. The lowest BCUT2D eigenvalue weighted by molar-refractivity contribution is 0.0952. The third-order valence-corrected chi connectivity index (χ3v) is 4.37. The second-order valence-electron chi connectivity index (χ2n) is 6.05.